The minimum Gasteiger partial charge on any atom is -0.468 e. The van der Waals surface area contributed by atoms with Gasteiger partial charge in [0.1, 0.15) is 5.76 Å². The first-order valence-corrected chi connectivity index (χ1v) is 11.1. The molecule has 4 rings (SSSR count). The number of furan rings is 1. The van der Waals surface area contributed by atoms with Gasteiger partial charge in [-0.15, -0.1) is 0 Å². The van der Waals surface area contributed by atoms with Crippen LogP contribution in [0.3, 0.4) is 0 Å². The number of rotatable bonds is 6. The highest BCUT2D eigenvalue weighted by molar-refractivity contribution is 7.89. The Balaban J connectivity index is 1.52. The summed E-state index contributed by atoms with van der Waals surface area (Å²) in [6.07, 6.45) is 5.71. The van der Waals surface area contributed by atoms with Crippen molar-refractivity contribution >= 4 is 21.6 Å². The van der Waals surface area contributed by atoms with Gasteiger partial charge in [0.25, 0.3) is 5.91 Å². The van der Waals surface area contributed by atoms with Gasteiger partial charge in [0.05, 0.1) is 17.7 Å². The molecule has 0 fully saturated rings. The van der Waals surface area contributed by atoms with E-state index in [4.69, 9.17) is 4.42 Å². The van der Waals surface area contributed by atoms with Crippen molar-refractivity contribution in [1.82, 2.24) is 4.72 Å². The Morgan fingerprint density at radius 2 is 1.83 bits per heavy atom. The lowest BCUT2D eigenvalue weighted by molar-refractivity contribution is 0.102. The third kappa shape index (κ3) is 4.41. The van der Waals surface area contributed by atoms with Crippen LogP contribution in [0.1, 0.15) is 40.1 Å². The predicted octanol–water partition coefficient (Wildman–Crippen LogP) is 3.89. The molecule has 0 aliphatic heterocycles. The van der Waals surface area contributed by atoms with E-state index in [1.807, 2.05) is 12.1 Å². The number of amides is 1. The average molecular weight is 410 g/mol. The second-order valence-electron chi connectivity index (χ2n) is 7.04. The maximum atomic E-state index is 12.8. The molecule has 1 aliphatic rings. The molecule has 0 saturated heterocycles. The number of fused-ring (bicyclic) bond motifs is 1. The van der Waals surface area contributed by atoms with Crippen molar-refractivity contribution in [3.8, 4) is 0 Å². The Labute approximate surface area is 170 Å². The van der Waals surface area contributed by atoms with Crippen LogP contribution >= 0.6 is 0 Å². The highest BCUT2D eigenvalue weighted by Crippen LogP contribution is 2.28. The highest BCUT2D eigenvalue weighted by atomic mass is 32.2. The van der Waals surface area contributed by atoms with Crippen molar-refractivity contribution in [2.45, 2.75) is 37.1 Å². The molecule has 0 radical (unpaired) electrons. The van der Waals surface area contributed by atoms with Gasteiger partial charge in [-0.3, -0.25) is 4.79 Å². The number of benzene rings is 2. The molecule has 150 valence electrons. The minimum atomic E-state index is -3.77. The second-order valence-corrected chi connectivity index (χ2v) is 8.80. The molecule has 1 heterocycles. The molecule has 6 nitrogen and oxygen atoms in total. The standard InChI is InChI=1S/C22H22N2O4S/c25-22(24-21-12-4-7-16-6-1-2-11-20(16)21)17-8-3-10-19(14-17)29(26,27)23-15-18-9-5-13-28-18/h3-5,7-10,12-14,23H,1-2,6,11,15H2,(H,24,25). The van der Waals surface area contributed by atoms with Crippen molar-refractivity contribution in [2.75, 3.05) is 5.32 Å². The van der Waals surface area contributed by atoms with Gasteiger partial charge in [0.2, 0.25) is 10.0 Å². The Kier molecular flexibility index (Phi) is 5.51. The van der Waals surface area contributed by atoms with Crippen LogP contribution in [-0.2, 0) is 29.4 Å². The normalized spacial score (nSPS) is 13.7. The Bertz CT molecular complexity index is 1120. The first-order chi connectivity index (χ1) is 14.0. The van der Waals surface area contributed by atoms with Gasteiger partial charge >= 0.3 is 0 Å². The molecule has 1 aromatic heterocycles. The van der Waals surface area contributed by atoms with Crippen LogP contribution in [0.25, 0.3) is 0 Å². The molecule has 2 N–H and O–H groups in total. The van der Waals surface area contributed by atoms with Gasteiger partial charge in [-0.1, -0.05) is 18.2 Å². The molecule has 0 bridgehead atoms. The fourth-order valence-corrected chi connectivity index (χ4v) is 4.60. The quantitative estimate of drug-likeness (QED) is 0.645. The summed E-state index contributed by atoms with van der Waals surface area (Å²) in [5.74, 6) is 0.184. The van der Waals surface area contributed by atoms with E-state index in [-0.39, 0.29) is 17.3 Å². The lowest BCUT2D eigenvalue weighted by Gasteiger charge is -2.19. The number of hydrogen-bond acceptors (Lipinski definition) is 4. The van der Waals surface area contributed by atoms with E-state index in [1.54, 1.807) is 24.3 Å². The van der Waals surface area contributed by atoms with E-state index in [9.17, 15) is 13.2 Å². The molecule has 7 heteroatoms. The minimum absolute atomic E-state index is 0.0341. The third-order valence-corrected chi connectivity index (χ3v) is 6.47. The van der Waals surface area contributed by atoms with E-state index >= 15 is 0 Å². The molecule has 29 heavy (non-hydrogen) atoms. The monoisotopic (exact) mass is 410 g/mol. The van der Waals surface area contributed by atoms with E-state index in [1.165, 1.54) is 29.5 Å². The number of hydrogen-bond donors (Lipinski definition) is 2. The highest BCUT2D eigenvalue weighted by Gasteiger charge is 2.18. The maximum absolute atomic E-state index is 12.8. The first kappa shape index (κ1) is 19.4. The average Bonchev–Trinajstić information content (AvgIpc) is 3.26. The van der Waals surface area contributed by atoms with Crippen LogP contribution in [0.15, 0.2) is 70.2 Å². The zero-order chi connectivity index (χ0) is 20.3. The van der Waals surface area contributed by atoms with Gasteiger partial charge in [0, 0.05) is 11.3 Å². The molecular weight excluding hydrogens is 388 g/mol. The number of aryl methyl sites for hydroxylation is 1. The maximum Gasteiger partial charge on any atom is 0.255 e. The SMILES string of the molecule is O=C(Nc1cccc2c1CCCC2)c1cccc(S(=O)(=O)NCc2ccco2)c1. The Hall–Kier alpha value is -2.90. The summed E-state index contributed by atoms with van der Waals surface area (Å²) in [4.78, 5) is 12.8. The van der Waals surface area contributed by atoms with Gasteiger partial charge in [-0.25, -0.2) is 13.1 Å². The molecule has 1 aliphatic carbocycles. The number of carbonyl (C=O) groups is 1. The second kappa shape index (κ2) is 8.23. The molecular formula is C22H22N2O4S. The fraction of sp³-hybridized carbons (Fsp3) is 0.227. The summed E-state index contributed by atoms with van der Waals surface area (Å²) in [5.41, 5.74) is 3.54. The van der Waals surface area contributed by atoms with Crippen LogP contribution in [0.5, 0.6) is 0 Å². The molecule has 1 amide bonds. The van der Waals surface area contributed by atoms with Crippen molar-refractivity contribution in [3.63, 3.8) is 0 Å². The number of carbonyl (C=O) groups excluding carboxylic acids is 1. The summed E-state index contributed by atoms with van der Waals surface area (Å²) in [7, 11) is -3.77. The van der Waals surface area contributed by atoms with Crippen molar-refractivity contribution in [2.24, 2.45) is 0 Å². The molecule has 0 atom stereocenters. The summed E-state index contributed by atoms with van der Waals surface area (Å²) in [6, 6.07) is 15.3. The lowest BCUT2D eigenvalue weighted by Crippen LogP contribution is -2.23. The fourth-order valence-electron chi connectivity index (χ4n) is 3.56. The molecule has 2 aromatic carbocycles. The summed E-state index contributed by atoms with van der Waals surface area (Å²) in [5, 5.41) is 2.95. The van der Waals surface area contributed by atoms with E-state index in [0.717, 1.165) is 31.4 Å². The molecule has 3 aromatic rings. The Morgan fingerprint density at radius 1 is 1.00 bits per heavy atom. The van der Waals surface area contributed by atoms with E-state index in [2.05, 4.69) is 16.1 Å². The zero-order valence-corrected chi connectivity index (χ0v) is 16.7. The number of sulfonamides is 1. The largest absolute Gasteiger partial charge is 0.468 e. The van der Waals surface area contributed by atoms with Crippen LogP contribution in [0.2, 0.25) is 0 Å². The lowest BCUT2D eigenvalue weighted by atomic mass is 9.90. The van der Waals surface area contributed by atoms with Crippen LogP contribution in [0, 0.1) is 0 Å². The zero-order valence-electron chi connectivity index (χ0n) is 15.9. The number of nitrogens with one attached hydrogen (secondary N) is 2. The predicted molar refractivity (Wildman–Crippen MR) is 110 cm³/mol. The van der Waals surface area contributed by atoms with Gasteiger partial charge in [-0.05, 0) is 73.2 Å². The summed E-state index contributed by atoms with van der Waals surface area (Å²) < 4.78 is 32.8. The summed E-state index contributed by atoms with van der Waals surface area (Å²) >= 11 is 0. The molecule has 0 unspecified atom stereocenters. The van der Waals surface area contributed by atoms with Crippen LogP contribution in [0.4, 0.5) is 5.69 Å². The smallest absolute Gasteiger partial charge is 0.255 e. The Morgan fingerprint density at radius 3 is 2.66 bits per heavy atom. The molecule has 0 spiro atoms. The van der Waals surface area contributed by atoms with Gasteiger partial charge in [0.15, 0.2) is 0 Å². The van der Waals surface area contributed by atoms with E-state index in [0.29, 0.717) is 11.3 Å². The third-order valence-electron chi connectivity index (χ3n) is 5.07. The van der Waals surface area contributed by atoms with Crippen molar-refractivity contribution in [3.05, 3.63) is 83.3 Å². The van der Waals surface area contributed by atoms with Crippen LogP contribution in [-0.4, -0.2) is 14.3 Å². The molecule has 0 saturated carbocycles. The van der Waals surface area contributed by atoms with Crippen molar-refractivity contribution in [1.29, 1.82) is 0 Å². The summed E-state index contributed by atoms with van der Waals surface area (Å²) in [6.45, 7) is 0.0436. The van der Waals surface area contributed by atoms with Gasteiger partial charge in [-0.2, -0.15) is 0 Å². The van der Waals surface area contributed by atoms with Gasteiger partial charge < -0.3 is 9.73 Å². The first-order valence-electron chi connectivity index (χ1n) is 9.57. The number of anilines is 1. The van der Waals surface area contributed by atoms with E-state index < -0.39 is 10.0 Å². The van der Waals surface area contributed by atoms with Crippen molar-refractivity contribution < 1.29 is 17.6 Å². The van der Waals surface area contributed by atoms with Crippen LogP contribution < -0.4 is 10.0 Å². The topological polar surface area (TPSA) is 88.4 Å².